The van der Waals surface area contributed by atoms with Crippen molar-refractivity contribution in [1.82, 2.24) is 14.5 Å². The molecule has 1 aromatic carbocycles. The SMILES string of the molecule is CCC[C@H](C)NC(=O)CN1CCN(S(=O)(=O)c2ccc(F)c(Cl)c2)CC1. The van der Waals surface area contributed by atoms with E-state index in [0.29, 0.717) is 13.1 Å². The van der Waals surface area contributed by atoms with Crippen LogP contribution in [0.4, 0.5) is 4.39 Å². The molecule has 1 fully saturated rings. The molecule has 1 aliphatic heterocycles. The lowest BCUT2D eigenvalue weighted by atomic mass is 10.2. The van der Waals surface area contributed by atoms with E-state index in [9.17, 15) is 17.6 Å². The van der Waals surface area contributed by atoms with Crippen LogP contribution in [0.3, 0.4) is 0 Å². The highest BCUT2D eigenvalue weighted by atomic mass is 35.5. The lowest BCUT2D eigenvalue weighted by Crippen LogP contribution is -2.51. The zero-order valence-electron chi connectivity index (χ0n) is 15.0. The molecular weight excluding hydrogens is 381 g/mol. The van der Waals surface area contributed by atoms with Crippen LogP contribution in [-0.4, -0.2) is 62.3 Å². The highest BCUT2D eigenvalue weighted by molar-refractivity contribution is 7.89. The fourth-order valence-electron chi connectivity index (χ4n) is 2.94. The molecular formula is C17H25ClFN3O3S. The molecule has 1 aromatic rings. The quantitative estimate of drug-likeness (QED) is 0.754. The summed E-state index contributed by atoms with van der Waals surface area (Å²) in [4.78, 5) is 13.9. The number of piperazine rings is 1. The van der Waals surface area contributed by atoms with Crippen molar-refractivity contribution < 1.29 is 17.6 Å². The molecule has 1 heterocycles. The first-order valence-electron chi connectivity index (χ1n) is 8.71. The molecule has 2 rings (SSSR count). The summed E-state index contributed by atoms with van der Waals surface area (Å²) in [5.41, 5.74) is 0. The van der Waals surface area contributed by atoms with Gasteiger partial charge in [0.05, 0.1) is 16.5 Å². The molecule has 0 unspecified atom stereocenters. The van der Waals surface area contributed by atoms with Crippen LogP contribution >= 0.6 is 11.6 Å². The first kappa shape index (κ1) is 21.1. The van der Waals surface area contributed by atoms with Crippen molar-refractivity contribution in [2.75, 3.05) is 32.7 Å². The number of halogens is 2. The summed E-state index contributed by atoms with van der Waals surface area (Å²) >= 11 is 5.69. The Balaban J connectivity index is 1.91. The van der Waals surface area contributed by atoms with Crippen molar-refractivity contribution in [2.24, 2.45) is 0 Å². The number of carbonyl (C=O) groups excluding carboxylic acids is 1. The summed E-state index contributed by atoms with van der Waals surface area (Å²) in [6.07, 6.45) is 1.93. The molecule has 6 nitrogen and oxygen atoms in total. The van der Waals surface area contributed by atoms with Crippen molar-refractivity contribution in [2.45, 2.75) is 37.6 Å². The number of nitrogens with zero attached hydrogens (tertiary/aromatic N) is 2. The van der Waals surface area contributed by atoms with Crippen LogP contribution in [0.15, 0.2) is 23.1 Å². The monoisotopic (exact) mass is 405 g/mol. The molecule has 1 saturated heterocycles. The molecule has 1 aliphatic rings. The van der Waals surface area contributed by atoms with Gasteiger partial charge >= 0.3 is 0 Å². The van der Waals surface area contributed by atoms with Gasteiger partial charge in [-0.15, -0.1) is 0 Å². The predicted octanol–water partition coefficient (Wildman–Crippen LogP) is 2.09. The first-order chi connectivity index (χ1) is 12.2. The fraction of sp³-hybridized carbons (Fsp3) is 0.588. The summed E-state index contributed by atoms with van der Waals surface area (Å²) < 4.78 is 39.9. The number of nitrogens with one attached hydrogen (secondary N) is 1. The van der Waals surface area contributed by atoms with Crippen molar-refractivity contribution >= 4 is 27.5 Å². The maximum atomic E-state index is 13.3. The number of hydrogen-bond donors (Lipinski definition) is 1. The third-order valence-corrected chi connectivity index (χ3v) is 6.54. The second-order valence-corrected chi connectivity index (χ2v) is 8.86. The summed E-state index contributed by atoms with van der Waals surface area (Å²) in [5, 5.41) is 2.72. The van der Waals surface area contributed by atoms with E-state index in [0.717, 1.165) is 25.0 Å². The van der Waals surface area contributed by atoms with Gasteiger partial charge in [-0.2, -0.15) is 4.31 Å². The Bertz CT molecular complexity index is 737. The van der Waals surface area contributed by atoms with E-state index >= 15 is 0 Å². The van der Waals surface area contributed by atoms with E-state index in [1.807, 2.05) is 11.8 Å². The highest BCUT2D eigenvalue weighted by Gasteiger charge is 2.29. The minimum atomic E-state index is -3.72. The van der Waals surface area contributed by atoms with E-state index in [4.69, 9.17) is 11.6 Å². The van der Waals surface area contributed by atoms with E-state index in [-0.39, 0.29) is 41.5 Å². The van der Waals surface area contributed by atoms with Gasteiger partial charge < -0.3 is 5.32 Å². The molecule has 146 valence electrons. The van der Waals surface area contributed by atoms with Crippen molar-refractivity contribution in [3.8, 4) is 0 Å². The van der Waals surface area contributed by atoms with Gasteiger partial charge in [-0.05, 0) is 31.5 Å². The van der Waals surface area contributed by atoms with Crippen LogP contribution < -0.4 is 5.32 Å². The number of rotatable bonds is 7. The Kier molecular flexibility index (Phi) is 7.40. The van der Waals surface area contributed by atoms with E-state index in [2.05, 4.69) is 12.2 Å². The number of sulfonamides is 1. The van der Waals surface area contributed by atoms with Gasteiger partial charge in [0.25, 0.3) is 0 Å². The van der Waals surface area contributed by atoms with Gasteiger partial charge in [-0.25, -0.2) is 12.8 Å². The van der Waals surface area contributed by atoms with Crippen molar-refractivity contribution in [3.05, 3.63) is 29.0 Å². The van der Waals surface area contributed by atoms with Crippen LogP contribution in [0.25, 0.3) is 0 Å². The summed E-state index contributed by atoms with van der Waals surface area (Å²) in [6, 6.07) is 3.53. The normalized spacial score (nSPS) is 17.8. The van der Waals surface area contributed by atoms with Crippen molar-refractivity contribution in [3.63, 3.8) is 0 Å². The third-order valence-electron chi connectivity index (χ3n) is 4.36. The highest BCUT2D eigenvalue weighted by Crippen LogP contribution is 2.23. The molecule has 26 heavy (non-hydrogen) atoms. The lowest BCUT2D eigenvalue weighted by molar-refractivity contribution is -0.123. The van der Waals surface area contributed by atoms with Crippen LogP contribution in [0, 0.1) is 5.82 Å². The van der Waals surface area contributed by atoms with E-state index in [1.54, 1.807) is 0 Å². The lowest BCUT2D eigenvalue weighted by Gasteiger charge is -2.33. The average Bonchev–Trinajstić information content (AvgIpc) is 2.57. The van der Waals surface area contributed by atoms with Crippen LogP contribution in [0.5, 0.6) is 0 Å². The second-order valence-electron chi connectivity index (χ2n) is 6.51. The Labute approximate surface area is 159 Å². The zero-order valence-corrected chi connectivity index (χ0v) is 16.6. The van der Waals surface area contributed by atoms with Gasteiger partial charge in [0.15, 0.2) is 0 Å². The maximum absolute atomic E-state index is 13.3. The summed E-state index contributed by atoms with van der Waals surface area (Å²) in [6.45, 7) is 5.76. The van der Waals surface area contributed by atoms with Crippen LogP contribution in [0.2, 0.25) is 5.02 Å². The summed E-state index contributed by atoms with van der Waals surface area (Å²) in [7, 11) is -3.72. The molecule has 1 N–H and O–H groups in total. The minimum Gasteiger partial charge on any atom is -0.353 e. The van der Waals surface area contributed by atoms with Gasteiger partial charge in [-0.1, -0.05) is 24.9 Å². The van der Waals surface area contributed by atoms with E-state index < -0.39 is 15.8 Å². The topological polar surface area (TPSA) is 69.7 Å². The maximum Gasteiger partial charge on any atom is 0.243 e. The number of benzene rings is 1. The molecule has 0 aliphatic carbocycles. The van der Waals surface area contributed by atoms with Gasteiger partial charge in [0.2, 0.25) is 15.9 Å². The minimum absolute atomic E-state index is 0.0246. The second kappa shape index (κ2) is 9.12. The van der Waals surface area contributed by atoms with Crippen molar-refractivity contribution in [1.29, 1.82) is 0 Å². The van der Waals surface area contributed by atoms with Crippen LogP contribution in [0.1, 0.15) is 26.7 Å². The zero-order chi connectivity index (χ0) is 19.3. The van der Waals surface area contributed by atoms with Gasteiger partial charge in [0, 0.05) is 32.2 Å². The Morgan fingerprint density at radius 1 is 1.31 bits per heavy atom. The molecule has 0 bridgehead atoms. The fourth-order valence-corrected chi connectivity index (χ4v) is 4.64. The summed E-state index contributed by atoms with van der Waals surface area (Å²) in [5.74, 6) is -0.702. The molecule has 9 heteroatoms. The molecule has 0 radical (unpaired) electrons. The Morgan fingerprint density at radius 3 is 2.54 bits per heavy atom. The van der Waals surface area contributed by atoms with Crippen LogP contribution in [-0.2, 0) is 14.8 Å². The molecule has 1 amide bonds. The predicted molar refractivity (Wildman–Crippen MR) is 99.1 cm³/mol. The smallest absolute Gasteiger partial charge is 0.243 e. The number of carbonyl (C=O) groups is 1. The third kappa shape index (κ3) is 5.39. The molecule has 1 atom stereocenters. The van der Waals surface area contributed by atoms with Gasteiger partial charge in [-0.3, -0.25) is 9.69 Å². The first-order valence-corrected chi connectivity index (χ1v) is 10.5. The molecule has 0 saturated carbocycles. The Morgan fingerprint density at radius 2 is 1.96 bits per heavy atom. The molecule has 0 aromatic heterocycles. The van der Waals surface area contributed by atoms with E-state index in [1.165, 1.54) is 10.4 Å². The standard InChI is InChI=1S/C17H25ClFN3O3S/c1-3-4-13(2)20-17(23)12-21-7-9-22(10-8-21)26(24,25)14-5-6-16(19)15(18)11-14/h5-6,11,13H,3-4,7-10,12H2,1-2H3,(H,20,23)/t13-/m0/s1. The number of hydrogen-bond acceptors (Lipinski definition) is 4. The van der Waals surface area contributed by atoms with Gasteiger partial charge in [0.1, 0.15) is 5.82 Å². The molecule has 0 spiro atoms. The number of amides is 1. The largest absolute Gasteiger partial charge is 0.353 e. The Hall–Kier alpha value is -1.22. The average molecular weight is 406 g/mol.